The van der Waals surface area contributed by atoms with E-state index in [1.165, 1.54) is 12.8 Å². The molecular weight excluding hydrogens is 258 g/mol. The molecule has 1 aliphatic heterocycles. The second kappa shape index (κ2) is 6.68. The number of nitrogens with one attached hydrogen (secondary N) is 1. The van der Waals surface area contributed by atoms with Crippen LogP contribution in [0.25, 0.3) is 0 Å². The Kier molecular flexibility index (Phi) is 5.44. The lowest BCUT2D eigenvalue weighted by Gasteiger charge is -2.44. The van der Waals surface area contributed by atoms with Gasteiger partial charge in [-0.25, -0.2) is 0 Å². The lowest BCUT2D eigenvalue weighted by molar-refractivity contribution is 0.127. The van der Waals surface area contributed by atoms with Crippen molar-refractivity contribution in [1.29, 1.82) is 0 Å². The van der Waals surface area contributed by atoms with Gasteiger partial charge in [-0.2, -0.15) is 0 Å². The van der Waals surface area contributed by atoms with Gasteiger partial charge in [0.05, 0.1) is 17.1 Å². The summed E-state index contributed by atoms with van der Waals surface area (Å²) in [6.07, 6.45) is 6.01. The van der Waals surface area contributed by atoms with E-state index in [1.807, 2.05) is 0 Å². The summed E-state index contributed by atoms with van der Waals surface area (Å²) in [5.74, 6) is 0.739. The Labute approximate surface area is 120 Å². The van der Waals surface area contributed by atoms with Gasteiger partial charge in [-0.3, -0.25) is 4.21 Å². The standard InChI is InChI=1S/C15H29NO2S/c1-4-16-14-13(8-5-9-15(14,2)3)19(17)11-12-7-6-10-18-12/h12-14,16H,4-11H2,1-3H3. The molecule has 4 heteroatoms. The van der Waals surface area contributed by atoms with Crippen LogP contribution < -0.4 is 5.32 Å². The van der Waals surface area contributed by atoms with E-state index in [9.17, 15) is 4.21 Å². The molecule has 1 saturated heterocycles. The van der Waals surface area contributed by atoms with Gasteiger partial charge in [-0.15, -0.1) is 0 Å². The highest BCUT2D eigenvalue weighted by atomic mass is 32.2. The van der Waals surface area contributed by atoms with Crippen LogP contribution in [-0.2, 0) is 15.5 Å². The van der Waals surface area contributed by atoms with Crippen molar-refractivity contribution < 1.29 is 8.95 Å². The van der Waals surface area contributed by atoms with Crippen LogP contribution >= 0.6 is 0 Å². The number of ether oxygens (including phenoxy) is 1. The summed E-state index contributed by atoms with van der Waals surface area (Å²) in [7, 11) is -0.762. The molecule has 2 fully saturated rings. The minimum atomic E-state index is -0.762. The minimum absolute atomic E-state index is 0.244. The van der Waals surface area contributed by atoms with E-state index in [0.717, 1.165) is 38.2 Å². The molecule has 0 aromatic heterocycles. The summed E-state index contributed by atoms with van der Waals surface area (Å²) in [5.41, 5.74) is 0.255. The Morgan fingerprint density at radius 1 is 1.32 bits per heavy atom. The Morgan fingerprint density at radius 3 is 2.74 bits per heavy atom. The van der Waals surface area contributed by atoms with Gasteiger partial charge in [-0.05, 0) is 37.6 Å². The molecule has 0 spiro atoms. The number of hydrogen-bond donors (Lipinski definition) is 1. The van der Waals surface area contributed by atoms with Gasteiger partial charge >= 0.3 is 0 Å². The molecule has 4 atom stereocenters. The maximum absolute atomic E-state index is 12.7. The normalized spacial score (nSPS) is 36.3. The van der Waals surface area contributed by atoms with E-state index >= 15 is 0 Å². The van der Waals surface area contributed by atoms with Gasteiger partial charge in [0.15, 0.2) is 0 Å². The molecule has 4 unspecified atom stereocenters. The maximum atomic E-state index is 12.7. The molecule has 112 valence electrons. The van der Waals surface area contributed by atoms with Crippen molar-refractivity contribution in [2.24, 2.45) is 5.41 Å². The summed E-state index contributed by atoms with van der Waals surface area (Å²) >= 11 is 0. The number of hydrogen-bond acceptors (Lipinski definition) is 3. The molecule has 2 aliphatic rings. The largest absolute Gasteiger partial charge is 0.377 e. The molecule has 1 aliphatic carbocycles. The molecular formula is C15H29NO2S. The third-order valence-electron chi connectivity index (χ3n) is 4.66. The van der Waals surface area contributed by atoms with E-state index in [4.69, 9.17) is 4.74 Å². The molecule has 0 bridgehead atoms. The van der Waals surface area contributed by atoms with E-state index in [-0.39, 0.29) is 11.5 Å². The Balaban J connectivity index is 2.00. The fraction of sp³-hybridized carbons (Fsp3) is 1.00. The zero-order chi connectivity index (χ0) is 13.9. The Morgan fingerprint density at radius 2 is 2.11 bits per heavy atom. The maximum Gasteiger partial charge on any atom is 0.0691 e. The molecule has 0 aromatic rings. The van der Waals surface area contributed by atoms with Gasteiger partial charge < -0.3 is 10.1 Å². The zero-order valence-corrected chi connectivity index (χ0v) is 13.4. The smallest absolute Gasteiger partial charge is 0.0691 e. The van der Waals surface area contributed by atoms with Crippen LogP contribution in [0, 0.1) is 5.41 Å². The third-order valence-corrected chi connectivity index (χ3v) is 6.54. The van der Waals surface area contributed by atoms with Gasteiger partial charge in [0.2, 0.25) is 0 Å². The Hall–Kier alpha value is 0.0700. The van der Waals surface area contributed by atoms with Gasteiger partial charge in [0, 0.05) is 23.4 Å². The van der Waals surface area contributed by atoms with E-state index in [0.29, 0.717) is 11.3 Å². The highest BCUT2D eigenvalue weighted by molar-refractivity contribution is 7.85. The summed E-state index contributed by atoms with van der Waals surface area (Å²) in [6.45, 7) is 8.59. The molecule has 0 aromatic carbocycles. The zero-order valence-electron chi connectivity index (χ0n) is 12.6. The third kappa shape index (κ3) is 3.79. The Bertz CT molecular complexity index is 313. The molecule has 3 nitrogen and oxygen atoms in total. The monoisotopic (exact) mass is 287 g/mol. The second-order valence-corrected chi connectivity index (χ2v) is 8.34. The fourth-order valence-electron chi connectivity index (χ4n) is 3.58. The highest BCUT2D eigenvalue weighted by Gasteiger charge is 2.41. The minimum Gasteiger partial charge on any atom is -0.377 e. The summed E-state index contributed by atoms with van der Waals surface area (Å²) in [5, 5.41) is 3.90. The quantitative estimate of drug-likeness (QED) is 0.844. The average molecular weight is 287 g/mol. The lowest BCUT2D eigenvalue weighted by Crippen LogP contribution is -2.54. The van der Waals surface area contributed by atoms with Crippen LogP contribution in [0.15, 0.2) is 0 Å². The second-order valence-electron chi connectivity index (χ2n) is 6.64. The predicted molar refractivity (Wildman–Crippen MR) is 80.9 cm³/mol. The van der Waals surface area contributed by atoms with Crippen molar-refractivity contribution in [1.82, 2.24) is 5.32 Å². The summed E-state index contributed by atoms with van der Waals surface area (Å²) in [6, 6.07) is 0.383. The van der Waals surface area contributed by atoms with E-state index in [1.54, 1.807) is 0 Å². The van der Waals surface area contributed by atoms with Crippen LogP contribution in [0.2, 0.25) is 0 Å². The summed E-state index contributed by atoms with van der Waals surface area (Å²) in [4.78, 5) is 0. The van der Waals surface area contributed by atoms with Crippen LogP contribution in [0.5, 0.6) is 0 Å². The van der Waals surface area contributed by atoms with Crippen molar-refractivity contribution in [3.8, 4) is 0 Å². The van der Waals surface area contributed by atoms with Crippen molar-refractivity contribution >= 4 is 10.8 Å². The summed E-state index contributed by atoms with van der Waals surface area (Å²) < 4.78 is 18.4. The van der Waals surface area contributed by atoms with Crippen LogP contribution in [0.1, 0.15) is 52.9 Å². The number of rotatable bonds is 5. The van der Waals surface area contributed by atoms with Crippen LogP contribution in [0.4, 0.5) is 0 Å². The predicted octanol–water partition coefficient (Wildman–Crippen LogP) is 2.47. The fourth-order valence-corrected chi connectivity index (χ4v) is 5.65. The van der Waals surface area contributed by atoms with Crippen molar-refractivity contribution in [3.05, 3.63) is 0 Å². The van der Waals surface area contributed by atoms with Crippen molar-refractivity contribution in [2.75, 3.05) is 18.9 Å². The first-order valence-electron chi connectivity index (χ1n) is 7.77. The first kappa shape index (κ1) is 15.5. The first-order valence-corrected chi connectivity index (χ1v) is 9.15. The molecule has 2 rings (SSSR count). The van der Waals surface area contributed by atoms with Crippen molar-refractivity contribution in [2.45, 2.75) is 70.3 Å². The van der Waals surface area contributed by atoms with Crippen LogP contribution in [0.3, 0.4) is 0 Å². The van der Waals surface area contributed by atoms with E-state index in [2.05, 4.69) is 26.1 Å². The van der Waals surface area contributed by atoms with E-state index < -0.39 is 10.8 Å². The molecule has 19 heavy (non-hydrogen) atoms. The molecule has 0 radical (unpaired) electrons. The average Bonchev–Trinajstić information content (AvgIpc) is 2.84. The van der Waals surface area contributed by atoms with Gasteiger partial charge in [0.1, 0.15) is 0 Å². The molecule has 1 heterocycles. The molecule has 1 saturated carbocycles. The molecule has 1 N–H and O–H groups in total. The lowest BCUT2D eigenvalue weighted by atomic mass is 9.73. The SMILES string of the molecule is CCNC1C(S(=O)CC2CCCO2)CCCC1(C)C. The van der Waals surface area contributed by atoms with Gasteiger partial charge in [-0.1, -0.05) is 27.2 Å². The highest BCUT2D eigenvalue weighted by Crippen LogP contribution is 2.38. The molecule has 0 amide bonds. The van der Waals surface area contributed by atoms with Gasteiger partial charge in [0.25, 0.3) is 0 Å². The topological polar surface area (TPSA) is 38.3 Å². The van der Waals surface area contributed by atoms with Crippen molar-refractivity contribution in [3.63, 3.8) is 0 Å². The van der Waals surface area contributed by atoms with Crippen LogP contribution in [-0.4, -0.2) is 40.5 Å². The first-order chi connectivity index (χ1) is 9.04.